The van der Waals surface area contributed by atoms with Crippen molar-refractivity contribution in [2.75, 3.05) is 14.2 Å². The Morgan fingerprint density at radius 2 is 1.95 bits per heavy atom. The van der Waals surface area contributed by atoms with Gasteiger partial charge in [0.2, 0.25) is 0 Å². The van der Waals surface area contributed by atoms with Crippen LogP contribution in [0.3, 0.4) is 0 Å². The summed E-state index contributed by atoms with van der Waals surface area (Å²) in [5.41, 5.74) is 2.46. The Bertz CT molecular complexity index is 469. The minimum atomic E-state index is -0.577. The zero-order valence-electron chi connectivity index (χ0n) is 13.6. The second kappa shape index (κ2) is 5.70. The van der Waals surface area contributed by atoms with Gasteiger partial charge in [-0.25, -0.2) is 9.59 Å². The van der Waals surface area contributed by atoms with Crippen LogP contribution in [0, 0.1) is 5.92 Å². The molecule has 5 nitrogen and oxygen atoms in total. The van der Waals surface area contributed by atoms with Gasteiger partial charge in [0.05, 0.1) is 7.11 Å². The highest BCUT2D eigenvalue weighted by Crippen LogP contribution is 2.50. The van der Waals surface area contributed by atoms with Gasteiger partial charge >= 0.3 is 12.1 Å². The Labute approximate surface area is 126 Å². The molecule has 1 amide bonds. The SMILES string of the molecule is COC(=O)C(CC1CC1=C1CC1)N(C)C(=O)OC(C)(C)C. The topological polar surface area (TPSA) is 55.8 Å². The number of likely N-dealkylation sites (N-methyl/N-ethyl adjacent to an activating group) is 1. The predicted octanol–water partition coefficient (Wildman–Crippen LogP) is 2.90. The number of esters is 1. The van der Waals surface area contributed by atoms with Gasteiger partial charge in [-0.05, 0) is 52.4 Å². The smallest absolute Gasteiger partial charge is 0.410 e. The maximum Gasteiger partial charge on any atom is 0.410 e. The van der Waals surface area contributed by atoms with Crippen molar-refractivity contribution in [3.63, 3.8) is 0 Å². The number of ether oxygens (including phenoxy) is 2. The first-order valence-corrected chi connectivity index (χ1v) is 7.47. The largest absolute Gasteiger partial charge is 0.467 e. The van der Waals surface area contributed by atoms with Crippen LogP contribution in [0.4, 0.5) is 4.79 Å². The Balaban J connectivity index is 2.00. The molecule has 2 saturated carbocycles. The number of nitrogens with zero attached hydrogens (tertiary/aromatic N) is 1. The van der Waals surface area contributed by atoms with Crippen LogP contribution < -0.4 is 0 Å². The molecule has 0 heterocycles. The van der Waals surface area contributed by atoms with Gasteiger partial charge in [-0.15, -0.1) is 0 Å². The van der Waals surface area contributed by atoms with Crippen molar-refractivity contribution in [2.45, 2.75) is 58.1 Å². The van der Waals surface area contributed by atoms with Crippen molar-refractivity contribution >= 4 is 12.1 Å². The van der Waals surface area contributed by atoms with E-state index in [2.05, 4.69) is 0 Å². The van der Waals surface area contributed by atoms with Gasteiger partial charge < -0.3 is 9.47 Å². The first kappa shape index (κ1) is 15.9. The number of allylic oxidation sites excluding steroid dienone is 2. The summed E-state index contributed by atoms with van der Waals surface area (Å²) in [5, 5.41) is 0. The molecule has 0 aliphatic heterocycles. The fourth-order valence-corrected chi connectivity index (χ4v) is 2.53. The molecule has 2 fully saturated rings. The summed E-state index contributed by atoms with van der Waals surface area (Å²) >= 11 is 0. The van der Waals surface area contributed by atoms with E-state index in [-0.39, 0.29) is 5.97 Å². The van der Waals surface area contributed by atoms with Crippen LogP contribution in [-0.4, -0.2) is 42.8 Å². The summed E-state index contributed by atoms with van der Waals surface area (Å²) in [6.45, 7) is 5.42. The maximum atomic E-state index is 12.1. The molecule has 2 aliphatic rings. The van der Waals surface area contributed by atoms with Crippen LogP contribution in [-0.2, 0) is 14.3 Å². The maximum absolute atomic E-state index is 12.1. The summed E-state index contributed by atoms with van der Waals surface area (Å²) < 4.78 is 10.2. The fourth-order valence-electron chi connectivity index (χ4n) is 2.53. The summed E-state index contributed by atoms with van der Waals surface area (Å²) in [6.07, 6.45) is 3.61. The van der Waals surface area contributed by atoms with Crippen molar-refractivity contribution < 1.29 is 19.1 Å². The Hall–Kier alpha value is -1.52. The zero-order valence-corrected chi connectivity index (χ0v) is 13.6. The van der Waals surface area contributed by atoms with Crippen LogP contribution in [0.5, 0.6) is 0 Å². The van der Waals surface area contributed by atoms with Crippen molar-refractivity contribution in [3.05, 3.63) is 11.1 Å². The van der Waals surface area contributed by atoms with Crippen molar-refractivity contribution in [2.24, 2.45) is 5.92 Å². The predicted molar refractivity (Wildman–Crippen MR) is 78.8 cm³/mol. The minimum absolute atomic E-state index is 0.379. The summed E-state index contributed by atoms with van der Waals surface area (Å²) in [5.74, 6) is 0.0480. The van der Waals surface area contributed by atoms with Gasteiger partial charge in [0.15, 0.2) is 0 Å². The first-order valence-electron chi connectivity index (χ1n) is 7.47. The monoisotopic (exact) mass is 295 g/mol. The lowest BCUT2D eigenvalue weighted by molar-refractivity contribution is -0.146. The van der Waals surface area contributed by atoms with Crippen molar-refractivity contribution in [1.29, 1.82) is 0 Å². The third-order valence-corrected chi connectivity index (χ3v) is 3.88. The Morgan fingerprint density at radius 1 is 1.33 bits per heavy atom. The van der Waals surface area contributed by atoms with E-state index >= 15 is 0 Å². The second-order valence-electron chi connectivity index (χ2n) is 6.90. The zero-order chi connectivity index (χ0) is 15.8. The van der Waals surface area contributed by atoms with Crippen molar-refractivity contribution in [1.82, 2.24) is 4.90 Å². The van der Waals surface area contributed by atoms with E-state index in [0.717, 1.165) is 6.42 Å². The lowest BCUT2D eigenvalue weighted by Gasteiger charge is -2.29. The molecule has 2 unspecified atom stereocenters. The quantitative estimate of drug-likeness (QED) is 0.591. The van der Waals surface area contributed by atoms with Gasteiger partial charge in [-0.1, -0.05) is 11.1 Å². The van der Waals surface area contributed by atoms with Crippen LogP contribution in [0.1, 0.15) is 46.5 Å². The molecule has 0 aromatic carbocycles. The van der Waals surface area contributed by atoms with Gasteiger partial charge in [0, 0.05) is 7.05 Å². The van der Waals surface area contributed by atoms with E-state index in [1.54, 1.807) is 12.6 Å². The van der Waals surface area contributed by atoms with E-state index in [0.29, 0.717) is 12.3 Å². The summed E-state index contributed by atoms with van der Waals surface area (Å²) in [6, 6.07) is -0.577. The van der Waals surface area contributed by atoms with E-state index in [9.17, 15) is 9.59 Å². The van der Waals surface area contributed by atoms with Crippen LogP contribution in [0.2, 0.25) is 0 Å². The van der Waals surface area contributed by atoms with Crippen LogP contribution in [0.25, 0.3) is 0 Å². The minimum Gasteiger partial charge on any atom is -0.467 e. The van der Waals surface area contributed by atoms with Gasteiger partial charge in [0.1, 0.15) is 11.6 Å². The number of hydrogen-bond donors (Lipinski definition) is 0. The van der Waals surface area contributed by atoms with E-state index < -0.39 is 17.7 Å². The normalized spacial score (nSPS) is 21.7. The molecule has 2 atom stereocenters. The molecule has 2 aliphatic carbocycles. The third kappa shape index (κ3) is 4.22. The Kier molecular flexibility index (Phi) is 4.30. The van der Waals surface area contributed by atoms with Gasteiger partial charge in [-0.3, -0.25) is 4.90 Å². The van der Waals surface area contributed by atoms with Crippen molar-refractivity contribution in [3.8, 4) is 0 Å². The lowest BCUT2D eigenvalue weighted by atomic mass is 10.1. The molecule has 118 valence electrons. The number of methoxy groups -OCH3 is 1. The van der Waals surface area contributed by atoms with Gasteiger partial charge in [-0.2, -0.15) is 0 Å². The molecule has 21 heavy (non-hydrogen) atoms. The average molecular weight is 295 g/mol. The molecule has 0 N–H and O–H groups in total. The van der Waals surface area contributed by atoms with E-state index in [1.807, 2.05) is 20.8 Å². The third-order valence-electron chi connectivity index (χ3n) is 3.88. The molecular formula is C16H25NO4. The van der Waals surface area contributed by atoms with Gasteiger partial charge in [0.25, 0.3) is 0 Å². The molecule has 0 aromatic heterocycles. The van der Waals surface area contributed by atoms with Crippen LogP contribution in [0.15, 0.2) is 11.1 Å². The highest BCUT2D eigenvalue weighted by molar-refractivity contribution is 5.81. The molecule has 0 saturated heterocycles. The highest BCUT2D eigenvalue weighted by atomic mass is 16.6. The summed E-state index contributed by atoms with van der Waals surface area (Å²) in [7, 11) is 2.95. The molecular weight excluding hydrogens is 270 g/mol. The number of amides is 1. The molecule has 0 bridgehead atoms. The number of carbonyl (C=O) groups is 2. The standard InChI is InChI=1S/C16H25NO4/c1-16(2,3)21-15(19)17(4)13(14(18)20-5)9-11-8-12(11)10-6-7-10/h11,13H,6-9H2,1-5H3. The van der Waals surface area contributed by atoms with E-state index in [1.165, 1.54) is 30.4 Å². The average Bonchev–Trinajstić information content (AvgIpc) is 3.23. The second-order valence-corrected chi connectivity index (χ2v) is 6.90. The highest BCUT2D eigenvalue weighted by Gasteiger charge is 2.41. The molecule has 0 aromatic rings. The number of carbonyl (C=O) groups excluding carboxylic acids is 2. The number of hydrogen-bond acceptors (Lipinski definition) is 4. The Morgan fingerprint density at radius 3 is 2.43 bits per heavy atom. The van der Waals surface area contributed by atoms with E-state index in [4.69, 9.17) is 9.47 Å². The molecule has 0 radical (unpaired) electrons. The first-order chi connectivity index (χ1) is 9.73. The fraction of sp³-hybridized carbons (Fsp3) is 0.750. The molecule has 2 rings (SSSR count). The molecule has 0 spiro atoms. The number of rotatable bonds is 4. The lowest BCUT2D eigenvalue weighted by Crippen LogP contribution is -2.45. The van der Waals surface area contributed by atoms with Crippen LogP contribution >= 0.6 is 0 Å². The summed E-state index contributed by atoms with van der Waals surface area (Å²) in [4.78, 5) is 25.5. The molecule has 5 heteroatoms.